The summed E-state index contributed by atoms with van der Waals surface area (Å²) in [6.07, 6.45) is 14.0. The van der Waals surface area contributed by atoms with Gasteiger partial charge in [0.25, 0.3) is 6.71 Å². The lowest BCUT2D eigenvalue weighted by Gasteiger charge is -2.45. The zero-order valence-electron chi connectivity index (χ0n) is 28.5. The number of aromatic nitrogens is 2. The normalized spacial score (nSPS) is 14.9. The molecule has 3 aliphatic rings. The number of benzene rings is 5. The molecular weight excluding hydrogens is 619 g/mol. The largest absolute Gasteiger partial charge is 0.311 e. The monoisotopic (exact) mass is 656 g/mol. The Bertz CT molecular complexity index is 2230. The van der Waals surface area contributed by atoms with Crippen LogP contribution >= 0.6 is 0 Å². The maximum absolute atomic E-state index is 4.44. The highest BCUT2D eigenvalue weighted by molar-refractivity contribution is 7.00. The van der Waals surface area contributed by atoms with Gasteiger partial charge in [-0.05, 0) is 113 Å². The van der Waals surface area contributed by atoms with E-state index in [0.29, 0.717) is 5.92 Å². The molecule has 7 aromatic rings. The first-order valence-electron chi connectivity index (χ1n) is 18.3. The lowest BCUT2D eigenvalue weighted by molar-refractivity contribution is 0.444. The predicted octanol–water partition coefficient (Wildman–Crippen LogP) is 9.94. The number of nitrogens with zero attached hydrogens (tertiary/aromatic N) is 4. The van der Waals surface area contributed by atoms with Crippen molar-refractivity contribution < 1.29 is 0 Å². The fraction of sp³-hybridized carbons (Fsp3) is 0.130. The third-order valence-corrected chi connectivity index (χ3v) is 11.2. The van der Waals surface area contributed by atoms with Crippen LogP contribution in [0.5, 0.6) is 0 Å². The molecule has 244 valence electrons. The minimum atomic E-state index is 0.110. The molecule has 0 bridgehead atoms. The molecule has 0 atom stereocenters. The Kier molecular flexibility index (Phi) is 7.30. The SMILES string of the molecule is c1cncc(-c2cccc(N3c4ccccc4B4c5ccccc5N(c5cccc(-c6cccnc6)c5)c5cc(C6CCCCC6)cc3c54)c2)c1. The van der Waals surface area contributed by atoms with Crippen molar-refractivity contribution in [1.82, 2.24) is 9.97 Å². The predicted molar refractivity (Wildman–Crippen MR) is 213 cm³/mol. The average molecular weight is 657 g/mol. The summed E-state index contributed by atoms with van der Waals surface area (Å²) in [5.74, 6) is 0.542. The molecule has 0 radical (unpaired) electrons. The Morgan fingerprint density at radius 1 is 0.471 bits per heavy atom. The number of rotatable bonds is 5. The number of hydrogen-bond acceptors (Lipinski definition) is 4. The van der Waals surface area contributed by atoms with Crippen LogP contribution < -0.4 is 26.2 Å². The number of pyridine rings is 2. The lowest BCUT2D eigenvalue weighted by atomic mass is 9.33. The highest BCUT2D eigenvalue weighted by Gasteiger charge is 2.43. The molecule has 5 heteroatoms. The van der Waals surface area contributed by atoms with Crippen molar-refractivity contribution in [2.24, 2.45) is 0 Å². The standard InChI is InChI=1S/C46H37BN4/c1-2-12-32(13-3-1)37-28-44-46-45(29-37)51(39-19-9-15-34(27-39)36-17-11-25-49-31-36)43-23-7-5-21-41(43)47(46)40-20-4-6-22-42(40)50(44)38-18-8-14-33(26-38)35-16-10-24-48-30-35/h4-11,14-32H,1-3,12-13H2. The first kappa shape index (κ1) is 29.9. The molecule has 1 fully saturated rings. The van der Waals surface area contributed by atoms with E-state index in [2.05, 4.69) is 141 Å². The van der Waals surface area contributed by atoms with E-state index >= 15 is 0 Å². The molecule has 51 heavy (non-hydrogen) atoms. The van der Waals surface area contributed by atoms with E-state index in [1.807, 2.05) is 36.9 Å². The van der Waals surface area contributed by atoms with Gasteiger partial charge < -0.3 is 9.80 Å². The third-order valence-electron chi connectivity index (χ3n) is 11.2. The van der Waals surface area contributed by atoms with Gasteiger partial charge in [0.15, 0.2) is 0 Å². The highest BCUT2D eigenvalue weighted by Crippen LogP contribution is 2.47. The summed E-state index contributed by atoms with van der Waals surface area (Å²) < 4.78 is 0. The van der Waals surface area contributed by atoms with Gasteiger partial charge in [0.05, 0.1) is 0 Å². The van der Waals surface area contributed by atoms with E-state index in [1.54, 1.807) is 0 Å². The maximum atomic E-state index is 4.44. The minimum absolute atomic E-state index is 0.110. The van der Waals surface area contributed by atoms with Crippen LogP contribution in [0.15, 0.2) is 158 Å². The Morgan fingerprint density at radius 2 is 0.980 bits per heavy atom. The van der Waals surface area contributed by atoms with Crippen LogP contribution in [0.2, 0.25) is 0 Å². The number of para-hydroxylation sites is 2. The molecule has 4 nitrogen and oxygen atoms in total. The van der Waals surface area contributed by atoms with Crippen LogP contribution in [0.3, 0.4) is 0 Å². The molecule has 0 unspecified atom stereocenters. The van der Waals surface area contributed by atoms with E-state index in [4.69, 9.17) is 0 Å². The van der Waals surface area contributed by atoms with Crippen molar-refractivity contribution in [3.05, 3.63) is 164 Å². The topological polar surface area (TPSA) is 32.3 Å². The second-order valence-electron chi connectivity index (χ2n) is 14.1. The van der Waals surface area contributed by atoms with Crippen LogP contribution in [0.1, 0.15) is 43.6 Å². The van der Waals surface area contributed by atoms with Crippen LogP contribution in [-0.4, -0.2) is 16.7 Å². The van der Waals surface area contributed by atoms with Crippen molar-refractivity contribution in [3.8, 4) is 22.3 Å². The van der Waals surface area contributed by atoms with E-state index < -0.39 is 0 Å². The molecule has 5 aromatic carbocycles. The summed E-state index contributed by atoms with van der Waals surface area (Å²) >= 11 is 0. The smallest absolute Gasteiger partial charge is 0.252 e. The number of anilines is 6. The lowest BCUT2D eigenvalue weighted by Crippen LogP contribution is -2.61. The van der Waals surface area contributed by atoms with Gasteiger partial charge in [-0.15, -0.1) is 0 Å². The third kappa shape index (κ3) is 5.07. The van der Waals surface area contributed by atoms with Gasteiger partial charge in [0.1, 0.15) is 0 Å². The molecule has 0 saturated heterocycles. The molecule has 10 rings (SSSR count). The molecular formula is C46H37BN4. The Morgan fingerprint density at radius 3 is 1.49 bits per heavy atom. The van der Waals surface area contributed by atoms with Gasteiger partial charge in [0, 0.05) is 70.0 Å². The molecule has 1 saturated carbocycles. The summed E-state index contributed by atoms with van der Waals surface area (Å²) in [4.78, 5) is 14.0. The maximum Gasteiger partial charge on any atom is 0.252 e. The van der Waals surface area contributed by atoms with E-state index in [0.717, 1.165) is 33.6 Å². The molecule has 0 N–H and O–H groups in total. The van der Waals surface area contributed by atoms with Gasteiger partial charge in [-0.2, -0.15) is 0 Å². The first-order valence-corrected chi connectivity index (χ1v) is 18.3. The van der Waals surface area contributed by atoms with Gasteiger partial charge >= 0.3 is 0 Å². The minimum Gasteiger partial charge on any atom is -0.311 e. The van der Waals surface area contributed by atoms with Crippen molar-refractivity contribution in [2.45, 2.75) is 38.0 Å². The molecule has 2 aliphatic heterocycles. The molecule has 1 aliphatic carbocycles. The second-order valence-corrected chi connectivity index (χ2v) is 14.1. The summed E-state index contributed by atoms with van der Waals surface area (Å²) in [6.45, 7) is 0.110. The second kappa shape index (κ2) is 12.4. The fourth-order valence-electron chi connectivity index (χ4n) is 8.86. The zero-order chi connectivity index (χ0) is 33.7. The summed E-state index contributed by atoms with van der Waals surface area (Å²) in [5, 5.41) is 0. The molecule has 4 heterocycles. The Labute approximate surface area is 300 Å². The van der Waals surface area contributed by atoms with Crippen molar-refractivity contribution in [3.63, 3.8) is 0 Å². The summed E-state index contributed by atoms with van der Waals surface area (Å²) in [7, 11) is 0. The van der Waals surface area contributed by atoms with Gasteiger partial charge in [-0.3, -0.25) is 9.97 Å². The van der Waals surface area contributed by atoms with E-state index in [1.165, 1.54) is 76.8 Å². The van der Waals surface area contributed by atoms with Gasteiger partial charge in [0.2, 0.25) is 0 Å². The first-order chi connectivity index (χ1) is 25.3. The van der Waals surface area contributed by atoms with Gasteiger partial charge in [-0.25, -0.2) is 0 Å². The van der Waals surface area contributed by atoms with Crippen molar-refractivity contribution >= 4 is 57.2 Å². The van der Waals surface area contributed by atoms with Crippen LogP contribution in [-0.2, 0) is 0 Å². The number of hydrogen-bond donors (Lipinski definition) is 0. The summed E-state index contributed by atoms with van der Waals surface area (Å²) in [6, 6.07) is 49.5. The van der Waals surface area contributed by atoms with Crippen LogP contribution in [0.25, 0.3) is 22.3 Å². The molecule has 0 spiro atoms. The van der Waals surface area contributed by atoms with Crippen LogP contribution in [0, 0.1) is 0 Å². The number of fused-ring (bicyclic) bond motifs is 4. The average Bonchev–Trinajstić information content (AvgIpc) is 3.21. The van der Waals surface area contributed by atoms with Crippen molar-refractivity contribution in [1.29, 1.82) is 0 Å². The van der Waals surface area contributed by atoms with Gasteiger partial charge in [-0.1, -0.05) is 92.1 Å². The highest BCUT2D eigenvalue weighted by atomic mass is 15.2. The van der Waals surface area contributed by atoms with E-state index in [9.17, 15) is 0 Å². The summed E-state index contributed by atoms with van der Waals surface area (Å²) in [5.41, 5.74) is 17.4. The van der Waals surface area contributed by atoms with Crippen molar-refractivity contribution in [2.75, 3.05) is 9.80 Å². The van der Waals surface area contributed by atoms with E-state index in [-0.39, 0.29) is 6.71 Å². The Balaban J connectivity index is 1.25. The molecule has 2 aromatic heterocycles. The fourth-order valence-corrected chi connectivity index (χ4v) is 8.86. The Hall–Kier alpha value is -5.94. The molecule has 0 amide bonds. The quantitative estimate of drug-likeness (QED) is 0.173. The van der Waals surface area contributed by atoms with Crippen LogP contribution in [0.4, 0.5) is 34.1 Å². The zero-order valence-corrected chi connectivity index (χ0v) is 28.5.